The molecule has 0 aliphatic heterocycles. The van der Waals surface area contributed by atoms with Gasteiger partial charge in [-0.1, -0.05) is 48.5 Å². The molecule has 1 aromatic heterocycles. The van der Waals surface area contributed by atoms with Gasteiger partial charge in [0.25, 0.3) is 5.69 Å². The summed E-state index contributed by atoms with van der Waals surface area (Å²) in [6.07, 6.45) is 0.455. The molecule has 0 amide bonds. The zero-order valence-electron chi connectivity index (χ0n) is 18.1. The summed E-state index contributed by atoms with van der Waals surface area (Å²) in [7, 11) is 0. The number of rotatable bonds is 9. The van der Waals surface area contributed by atoms with Crippen molar-refractivity contribution in [1.29, 1.82) is 0 Å². The number of nitro benzene ring substituents is 1. The molecule has 0 bridgehead atoms. The molecule has 3 aromatic carbocycles. The number of nitrogens with one attached hydrogen (secondary N) is 1. The zero-order valence-corrected chi connectivity index (χ0v) is 18.1. The highest BCUT2D eigenvalue weighted by Gasteiger charge is 2.23. The predicted molar refractivity (Wildman–Crippen MR) is 125 cm³/mol. The molecule has 0 aliphatic carbocycles. The molecule has 0 spiro atoms. The average molecular weight is 444 g/mol. The Morgan fingerprint density at radius 2 is 1.76 bits per heavy atom. The lowest BCUT2D eigenvalue weighted by molar-refractivity contribution is -0.384. The average Bonchev–Trinajstić information content (AvgIpc) is 3.30. The van der Waals surface area contributed by atoms with E-state index in [2.05, 4.69) is 35.6 Å². The van der Waals surface area contributed by atoms with Crippen molar-refractivity contribution >= 4 is 22.4 Å². The zero-order chi connectivity index (χ0) is 23.4. The quantitative estimate of drug-likeness (QED) is 0.259. The molecule has 168 valence electrons. The summed E-state index contributed by atoms with van der Waals surface area (Å²) >= 11 is 0. The fraction of sp³-hybridized carbons (Fsp3) is 0.192. The Kier molecular flexibility index (Phi) is 6.51. The van der Waals surface area contributed by atoms with Crippen molar-refractivity contribution in [3.63, 3.8) is 0 Å². The monoisotopic (exact) mass is 444 g/mol. The van der Waals surface area contributed by atoms with E-state index in [0.29, 0.717) is 18.7 Å². The third kappa shape index (κ3) is 5.27. The molecule has 2 unspecified atom stereocenters. The summed E-state index contributed by atoms with van der Waals surface area (Å²) in [6.45, 7) is 2.70. The summed E-state index contributed by atoms with van der Waals surface area (Å²) in [4.78, 5) is 21.8. The first-order valence-electron chi connectivity index (χ1n) is 10.7. The lowest BCUT2D eigenvalue weighted by atomic mass is 9.88. The number of hydrogen-bond acceptors (Lipinski definition) is 5. The van der Waals surface area contributed by atoms with Crippen molar-refractivity contribution in [2.75, 3.05) is 0 Å². The van der Waals surface area contributed by atoms with Crippen LogP contribution in [0.4, 0.5) is 5.69 Å². The van der Waals surface area contributed by atoms with Crippen molar-refractivity contribution in [2.24, 2.45) is 0 Å². The van der Waals surface area contributed by atoms with E-state index >= 15 is 0 Å². The minimum atomic E-state index is -1.12. The Morgan fingerprint density at radius 1 is 1.03 bits per heavy atom. The largest absolute Gasteiger partial charge is 0.475 e. The van der Waals surface area contributed by atoms with Crippen LogP contribution in [0.5, 0.6) is 0 Å². The maximum Gasteiger partial charge on any atom is 0.371 e. The van der Waals surface area contributed by atoms with Crippen LogP contribution in [0.2, 0.25) is 0 Å². The number of hydrogen-bond donors (Lipinski definition) is 2. The molecule has 33 heavy (non-hydrogen) atoms. The smallest absolute Gasteiger partial charge is 0.371 e. The number of carbonyl (C=O) groups is 1. The van der Waals surface area contributed by atoms with E-state index < -0.39 is 10.9 Å². The van der Waals surface area contributed by atoms with Crippen LogP contribution in [-0.2, 0) is 13.0 Å². The Labute approximate surface area is 190 Å². The minimum absolute atomic E-state index is 0.0173. The first-order valence-corrected chi connectivity index (χ1v) is 10.7. The lowest BCUT2D eigenvalue weighted by Gasteiger charge is -2.25. The summed E-state index contributed by atoms with van der Waals surface area (Å²) in [5.41, 5.74) is 2.09. The van der Waals surface area contributed by atoms with Gasteiger partial charge in [-0.15, -0.1) is 0 Å². The number of non-ortho nitro benzene ring substituents is 1. The molecule has 0 saturated heterocycles. The van der Waals surface area contributed by atoms with Gasteiger partial charge in [-0.05, 0) is 47.0 Å². The van der Waals surface area contributed by atoms with Crippen LogP contribution >= 0.6 is 0 Å². The number of nitro groups is 1. The number of furan rings is 1. The van der Waals surface area contributed by atoms with Crippen molar-refractivity contribution in [3.8, 4) is 0 Å². The molecule has 7 nitrogen and oxygen atoms in total. The number of carboxylic acid groups (broad SMARTS) is 1. The van der Waals surface area contributed by atoms with Crippen LogP contribution in [-0.4, -0.2) is 22.0 Å². The van der Waals surface area contributed by atoms with Crippen molar-refractivity contribution in [1.82, 2.24) is 5.32 Å². The molecule has 0 aliphatic rings. The van der Waals surface area contributed by atoms with Gasteiger partial charge in [0.15, 0.2) is 0 Å². The van der Waals surface area contributed by atoms with Gasteiger partial charge in [0.2, 0.25) is 5.76 Å². The van der Waals surface area contributed by atoms with E-state index in [9.17, 15) is 14.9 Å². The maximum atomic E-state index is 11.2. The lowest BCUT2D eigenvalue weighted by Crippen LogP contribution is -2.33. The van der Waals surface area contributed by atoms with Gasteiger partial charge >= 0.3 is 5.97 Å². The van der Waals surface area contributed by atoms with Crippen LogP contribution < -0.4 is 5.32 Å². The SMILES string of the molecule is CC(NCc1ccc2ccccc2c1)C(Cc1ccc(C(=O)O)o1)c1ccc([N+](=O)[O-])cc1. The first-order chi connectivity index (χ1) is 15.9. The van der Waals surface area contributed by atoms with E-state index in [0.717, 1.165) is 11.1 Å². The highest BCUT2D eigenvalue weighted by molar-refractivity contribution is 5.84. The second-order valence-electron chi connectivity index (χ2n) is 8.08. The van der Waals surface area contributed by atoms with Crippen LogP contribution in [0.3, 0.4) is 0 Å². The van der Waals surface area contributed by atoms with Crippen LogP contribution in [0.1, 0.15) is 40.3 Å². The van der Waals surface area contributed by atoms with Gasteiger partial charge in [0.05, 0.1) is 4.92 Å². The maximum absolute atomic E-state index is 11.2. The number of carboxylic acids is 1. The number of fused-ring (bicyclic) bond motifs is 1. The van der Waals surface area contributed by atoms with E-state index in [1.165, 1.54) is 29.0 Å². The second-order valence-corrected chi connectivity index (χ2v) is 8.08. The molecule has 7 heteroatoms. The molecule has 2 atom stereocenters. The topological polar surface area (TPSA) is 106 Å². The van der Waals surface area contributed by atoms with Crippen molar-refractivity contribution in [2.45, 2.75) is 31.8 Å². The van der Waals surface area contributed by atoms with Gasteiger partial charge in [0.1, 0.15) is 5.76 Å². The highest BCUT2D eigenvalue weighted by Crippen LogP contribution is 2.28. The molecule has 4 rings (SSSR count). The Balaban J connectivity index is 1.54. The van der Waals surface area contributed by atoms with Crippen LogP contribution in [0.15, 0.2) is 83.3 Å². The van der Waals surface area contributed by atoms with Gasteiger partial charge in [0, 0.05) is 37.1 Å². The van der Waals surface area contributed by atoms with Gasteiger partial charge < -0.3 is 14.8 Å². The first kappa shape index (κ1) is 22.2. The van der Waals surface area contributed by atoms with Crippen molar-refractivity contribution in [3.05, 3.63) is 112 Å². The van der Waals surface area contributed by atoms with Gasteiger partial charge in [-0.25, -0.2) is 4.79 Å². The number of nitrogens with zero attached hydrogens (tertiary/aromatic N) is 1. The van der Waals surface area contributed by atoms with E-state index in [1.807, 2.05) is 19.1 Å². The normalized spacial score (nSPS) is 13.0. The molecule has 0 fully saturated rings. The summed E-state index contributed by atoms with van der Waals surface area (Å²) in [5.74, 6) is -0.756. The molecular formula is C26H24N2O5. The molecule has 0 saturated carbocycles. The standard InChI is InChI=1S/C26H24N2O5/c1-17(27-16-18-6-7-19-4-2-3-5-21(19)14-18)24(15-23-12-13-25(33-23)26(29)30)20-8-10-22(11-9-20)28(31)32/h2-14,17,24,27H,15-16H2,1H3,(H,29,30). The number of benzene rings is 3. The van der Waals surface area contributed by atoms with Gasteiger partial charge in [-0.3, -0.25) is 10.1 Å². The summed E-state index contributed by atoms with van der Waals surface area (Å²) < 4.78 is 5.48. The fourth-order valence-corrected chi connectivity index (χ4v) is 4.02. The van der Waals surface area contributed by atoms with Crippen LogP contribution in [0.25, 0.3) is 10.8 Å². The van der Waals surface area contributed by atoms with E-state index in [1.54, 1.807) is 18.2 Å². The van der Waals surface area contributed by atoms with E-state index in [4.69, 9.17) is 9.52 Å². The van der Waals surface area contributed by atoms with Crippen molar-refractivity contribution < 1.29 is 19.2 Å². The Morgan fingerprint density at radius 3 is 2.42 bits per heavy atom. The third-order valence-corrected chi connectivity index (χ3v) is 5.87. The Bertz CT molecular complexity index is 1280. The molecule has 4 aromatic rings. The molecular weight excluding hydrogens is 420 g/mol. The minimum Gasteiger partial charge on any atom is -0.475 e. The summed E-state index contributed by atoms with van der Waals surface area (Å²) in [5, 5.41) is 26.1. The number of aromatic carboxylic acids is 1. The van der Waals surface area contributed by atoms with E-state index in [-0.39, 0.29) is 23.4 Å². The Hall–Kier alpha value is -3.97. The van der Waals surface area contributed by atoms with Crippen LogP contribution in [0, 0.1) is 10.1 Å². The van der Waals surface area contributed by atoms with Gasteiger partial charge in [-0.2, -0.15) is 0 Å². The molecule has 0 radical (unpaired) electrons. The molecule has 2 N–H and O–H groups in total. The second kappa shape index (κ2) is 9.67. The third-order valence-electron chi connectivity index (χ3n) is 5.87. The summed E-state index contributed by atoms with van der Waals surface area (Å²) in [6, 6.07) is 24.1. The highest BCUT2D eigenvalue weighted by atomic mass is 16.6. The molecule has 1 heterocycles. The predicted octanol–water partition coefficient (Wildman–Crippen LogP) is 5.54. The fourth-order valence-electron chi connectivity index (χ4n) is 4.02.